The van der Waals surface area contributed by atoms with E-state index in [0.29, 0.717) is 6.61 Å². The van der Waals surface area contributed by atoms with Gasteiger partial charge in [-0.2, -0.15) is 0 Å². The number of nitrogens with one attached hydrogen (secondary N) is 1. The number of aromatic nitrogens is 1. The Balaban J connectivity index is 1.94. The van der Waals surface area contributed by atoms with Gasteiger partial charge in [0.15, 0.2) is 0 Å². The monoisotopic (exact) mass is 250 g/mol. The molecule has 0 bridgehead atoms. The molecule has 1 fully saturated rings. The van der Waals surface area contributed by atoms with Gasteiger partial charge in [0.2, 0.25) is 0 Å². The number of anilines is 1. The fraction of sp³-hybridized carbons (Fsp3) is 0.643. The van der Waals surface area contributed by atoms with Gasteiger partial charge in [0.05, 0.1) is 18.5 Å². The van der Waals surface area contributed by atoms with Crippen LogP contribution in [0.15, 0.2) is 18.3 Å². The van der Waals surface area contributed by atoms with Crippen LogP contribution in [0.4, 0.5) is 5.69 Å². The van der Waals surface area contributed by atoms with E-state index >= 15 is 0 Å². The van der Waals surface area contributed by atoms with Gasteiger partial charge < -0.3 is 14.8 Å². The minimum Gasteiger partial charge on any atom is -0.382 e. The van der Waals surface area contributed by atoms with Gasteiger partial charge in [0.1, 0.15) is 5.60 Å². The third-order valence-electron chi connectivity index (χ3n) is 3.37. The number of methoxy groups -OCH3 is 1. The first-order valence-electron chi connectivity index (χ1n) is 6.54. The summed E-state index contributed by atoms with van der Waals surface area (Å²) >= 11 is 0. The van der Waals surface area contributed by atoms with Crippen molar-refractivity contribution in [3.63, 3.8) is 0 Å². The van der Waals surface area contributed by atoms with Crippen LogP contribution in [0.3, 0.4) is 0 Å². The van der Waals surface area contributed by atoms with Crippen molar-refractivity contribution in [2.24, 2.45) is 0 Å². The summed E-state index contributed by atoms with van der Waals surface area (Å²) in [6.07, 6.45) is 5.26. The number of ether oxygens (including phenoxy) is 2. The minimum atomic E-state index is -0.183. The van der Waals surface area contributed by atoms with E-state index in [2.05, 4.69) is 10.3 Å². The van der Waals surface area contributed by atoms with E-state index in [4.69, 9.17) is 9.47 Å². The van der Waals surface area contributed by atoms with Crippen molar-refractivity contribution in [2.75, 3.05) is 32.2 Å². The third-order valence-corrected chi connectivity index (χ3v) is 3.37. The SMILES string of the molecule is COCC1(CNc2ccc(C)nc2)CCCCO1. The van der Waals surface area contributed by atoms with Crippen molar-refractivity contribution in [3.05, 3.63) is 24.0 Å². The summed E-state index contributed by atoms with van der Waals surface area (Å²) in [4.78, 5) is 4.28. The van der Waals surface area contributed by atoms with Crippen molar-refractivity contribution >= 4 is 5.69 Å². The zero-order chi connectivity index (χ0) is 12.8. The van der Waals surface area contributed by atoms with Crippen molar-refractivity contribution < 1.29 is 9.47 Å². The molecule has 0 aromatic carbocycles. The molecule has 2 heterocycles. The Morgan fingerprint density at radius 2 is 2.33 bits per heavy atom. The van der Waals surface area contributed by atoms with E-state index in [0.717, 1.165) is 37.4 Å². The molecule has 1 aliphatic heterocycles. The Bertz CT molecular complexity index is 353. The van der Waals surface area contributed by atoms with Gasteiger partial charge >= 0.3 is 0 Å². The molecular weight excluding hydrogens is 228 g/mol. The predicted octanol–water partition coefficient (Wildman–Crippen LogP) is 2.39. The number of aryl methyl sites for hydroxylation is 1. The third kappa shape index (κ3) is 3.43. The summed E-state index contributed by atoms with van der Waals surface area (Å²) in [6, 6.07) is 4.05. The normalized spacial score (nSPS) is 23.9. The molecule has 0 spiro atoms. The molecule has 2 rings (SSSR count). The van der Waals surface area contributed by atoms with E-state index < -0.39 is 0 Å². The molecule has 100 valence electrons. The van der Waals surface area contributed by atoms with E-state index in [1.165, 1.54) is 6.42 Å². The second-order valence-electron chi connectivity index (χ2n) is 4.96. The quantitative estimate of drug-likeness (QED) is 0.871. The molecule has 1 saturated heterocycles. The highest BCUT2D eigenvalue weighted by atomic mass is 16.5. The summed E-state index contributed by atoms with van der Waals surface area (Å²) in [5, 5.41) is 3.40. The Labute approximate surface area is 109 Å². The molecule has 18 heavy (non-hydrogen) atoms. The second kappa shape index (κ2) is 6.16. The lowest BCUT2D eigenvalue weighted by atomic mass is 9.94. The van der Waals surface area contributed by atoms with Crippen LogP contribution in [0.25, 0.3) is 0 Å². The Morgan fingerprint density at radius 1 is 1.44 bits per heavy atom. The first-order valence-corrected chi connectivity index (χ1v) is 6.54. The lowest BCUT2D eigenvalue weighted by Gasteiger charge is -2.37. The van der Waals surface area contributed by atoms with Gasteiger partial charge in [-0.3, -0.25) is 4.98 Å². The van der Waals surface area contributed by atoms with E-state index in [1.807, 2.05) is 25.3 Å². The summed E-state index contributed by atoms with van der Waals surface area (Å²) < 4.78 is 11.3. The van der Waals surface area contributed by atoms with Crippen LogP contribution in [-0.4, -0.2) is 37.5 Å². The molecule has 1 aliphatic rings. The smallest absolute Gasteiger partial charge is 0.109 e. The van der Waals surface area contributed by atoms with Gasteiger partial charge in [-0.15, -0.1) is 0 Å². The minimum absolute atomic E-state index is 0.183. The highest BCUT2D eigenvalue weighted by Crippen LogP contribution is 2.25. The van der Waals surface area contributed by atoms with Gasteiger partial charge in [-0.05, 0) is 38.3 Å². The molecule has 0 saturated carbocycles. The van der Waals surface area contributed by atoms with Crippen LogP contribution >= 0.6 is 0 Å². The lowest BCUT2D eigenvalue weighted by Crippen LogP contribution is -2.46. The predicted molar refractivity (Wildman–Crippen MR) is 71.9 cm³/mol. The summed E-state index contributed by atoms with van der Waals surface area (Å²) in [5.74, 6) is 0. The molecule has 1 aromatic rings. The zero-order valence-electron chi connectivity index (χ0n) is 11.2. The van der Waals surface area contributed by atoms with Crippen molar-refractivity contribution in [2.45, 2.75) is 31.8 Å². The summed E-state index contributed by atoms with van der Waals surface area (Å²) in [6.45, 7) is 4.22. The molecule has 0 amide bonds. The number of pyridine rings is 1. The summed E-state index contributed by atoms with van der Waals surface area (Å²) in [7, 11) is 1.73. The number of rotatable bonds is 5. The largest absolute Gasteiger partial charge is 0.382 e. The Hall–Kier alpha value is -1.13. The molecule has 4 nitrogen and oxygen atoms in total. The first kappa shape index (κ1) is 13.3. The Kier molecular flexibility index (Phi) is 4.55. The van der Waals surface area contributed by atoms with E-state index in [-0.39, 0.29) is 5.60 Å². The fourth-order valence-corrected chi connectivity index (χ4v) is 2.31. The van der Waals surface area contributed by atoms with Crippen LogP contribution in [0.2, 0.25) is 0 Å². The van der Waals surface area contributed by atoms with Crippen LogP contribution < -0.4 is 5.32 Å². The highest BCUT2D eigenvalue weighted by molar-refractivity contribution is 5.41. The lowest BCUT2D eigenvalue weighted by molar-refractivity contribution is -0.106. The van der Waals surface area contributed by atoms with Gasteiger partial charge in [-0.1, -0.05) is 0 Å². The fourth-order valence-electron chi connectivity index (χ4n) is 2.31. The van der Waals surface area contributed by atoms with Crippen LogP contribution in [0.5, 0.6) is 0 Å². The van der Waals surface area contributed by atoms with Crippen LogP contribution in [0.1, 0.15) is 25.0 Å². The van der Waals surface area contributed by atoms with Crippen molar-refractivity contribution in [1.29, 1.82) is 0 Å². The average Bonchev–Trinajstić information content (AvgIpc) is 2.40. The molecule has 1 aromatic heterocycles. The van der Waals surface area contributed by atoms with Gasteiger partial charge in [0, 0.05) is 26.0 Å². The molecule has 1 N–H and O–H groups in total. The second-order valence-corrected chi connectivity index (χ2v) is 4.96. The van der Waals surface area contributed by atoms with Gasteiger partial charge in [-0.25, -0.2) is 0 Å². The maximum atomic E-state index is 5.94. The number of nitrogens with zero attached hydrogens (tertiary/aromatic N) is 1. The summed E-state index contributed by atoms with van der Waals surface area (Å²) in [5.41, 5.74) is 1.88. The molecule has 4 heteroatoms. The standard InChI is InChI=1S/C14H22N2O2/c1-12-5-6-13(9-15-12)16-10-14(11-17-2)7-3-4-8-18-14/h5-6,9,16H,3-4,7-8,10-11H2,1-2H3. The van der Waals surface area contributed by atoms with Crippen LogP contribution in [-0.2, 0) is 9.47 Å². The first-order chi connectivity index (χ1) is 8.74. The highest BCUT2D eigenvalue weighted by Gasteiger charge is 2.33. The molecular formula is C14H22N2O2. The topological polar surface area (TPSA) is 43.4 Å². The molecule has 1 unspecified atom stereocenters. The number of hydrogen-bond acceptors (Lipinski definition) is 4. The maximum Gasteiger partial charge on any atom is 0.109 e. The molecule has 0 radical (unpaired) electrons. The average molecular weight is 250 g/mol. The van der Waals surface area contributed by atoms with Gasteiger partial charge in [0.25, 0.3) is 0 Å². The zero-order valence-corrected chi connectivity index (χ0v) is 11.2. The number of hydrogen-bond donors (Lipinski definition) is 1. The molecule has 0 aliphatic carbocycles. The van der Waals surface area contributed by atoms with Crippen molar-refractivity contribution in [3.8, 4) is 0 Å². The van der Waals surface area contributed by atoms with Crippen molar-refractivity contribution in [1.82, 2.24) is 4.98 Å². The Morgan fingerprint density at radius 3 is 2.94 bits per heavy atom. The van der Waals surface area contributed by atoms with Crippen LogP contribution in [0, 0.1) is 6.92 Å². The maximum absolute atomic E-state index is 5.94. The van der Waals surface area contributed by atoms with E-state index in [9.17, 15) is 0 Å². The molecule has 1 atom stereocenters. The van der Waals surface area contributed by atoms with E-state index in [1.54, 1.807) is 7.11 Å².